The van der Waals surface area contributed by atoms with Crippen LogP contribution in [-0.4, -0.2) is 65.8 Å². The van der Waals surface area contributed by atoms with Crippen molar-refractivity contribution >= 4 is 0 Å². The summed E-state index contributed by atoms with van der Waals surface area (Å²) in [5, 5.41) is 67.1. The second-order valence-electron chi connectivity index (χ2n) is 10.7. The first-order valence-electron chi connectivity index (χ1n) is 9.94. The van der Waals surface area contributed by atoms with E-state index in [9.17, 15) is 30.6 Å². The maximum absolute atomic E-state index is 11.7. The highest BCUT2D eigenvalue weighted by Crippen LogP contribution is 2.69. The largest absolute Gasteiger partial charge is 0.392 e. The van der Waals surface area contributed by atoms with Crippen molar-refractivity contribution in [3.8, 4) is 0 Å². The predicted molar refractivity (Wildman–Crippen MR) is 94.0 cm³/mol. The quantitative estimate of drug-likeness (QED) is 0.361. The molecule has 0 heterocycles. The van der Waals surface area contributed by atoms with Gasteiger partial charge in [-0.1, -0.05) is 13.8 Å². The first-order valence-corrected chi connectivity index (χ1v) is 9.94. The summed E-state index contributed by atoms with van der Waals surface area (Å²) in [4.78, 5) is 0. The zero-order valence-electron chi connectivity index (χ0n) is 16.2. The van der Waals surface area contributed by atoms with Gasteiger partial charge < -0.3 is 30.6 Å². The third-order valence-corrected chi connectivity index (χ3v) is 9.26. The average molecular weight is 370 g/mol. The summed E-state index contributed by atoms with van der Waals surface area (Å²) in [6.07, 6.45) is -1.01. The van der Waals surface area contributed by atoms with Crippen molar-refractivity contribution in [2.75, 3.05) is 0 Å². The van der Waals surface area contributed by atoms with Crippen molar-refractivity contribution in [3.05, 3.63) is 0 Å². The molecule has 150 valence electrons. The number of hydrogen-bond donors (Lipinski definition) is 6. The van der Waals surface area contributed by atoms with Gasteiger partial charge in [-0.05, 0) is 51.9 Å². The maximum Gasteiger partial charge on any atom is 0.104 e. The monoisotopic (exact) mass is 370 g/mol. The fraction of sp³-hybridized carbons (Fsp3) is 1.00. The Morgan fingerprint density at radius 3 is 2.04 bits per heavy atom. The van der Waals surface area contributed by atoms with E-state index in [2.05, 4.69) is 0 Å². The molecule has 0 aromatic rings. The van der Waals surface area contributed by atoms with Gasteiger partial charge >= 0.3 is 0 Å². The molecule has 6 heteroatoms. The molecule has 0 aliphatic heterocycles. The van der Waals surface area contributed by atoms with Crippen molar-refractivity contribution in [1.82, 2.24) is 0 Å². The Morgan fingerprint density at radius 2 is 1.42 bits per heavy atom. The molecule has 6 nitrogen and oxygen atoms in total. The SMILES string of the molecule is CC1(C)C(O)CC2C1(O)C(O)C[C@]13C[C@@](C)(O)C(CCC1[C@@]2(C)O)[C@H]3O. The minimum atomic E-state index is -1.66. The summed E-state index contributed by atoms with van der Waals surface area (Å²) in [5.74, 6) is -1.34. The second kappa shape index (κ2) is 5.02. The number of hydrogen-bond acceptors (Lipinski definition) is 6. The lowest BCUT2D eigenvalue weighted by Gasteiger charge is -2.51. The molecule has 6 unspecified atom stereocenters. The van der Waals surface area contributed by atoms with Crippen LogP contribution in [0.1, 0.15) is 59.8 Å². The van der Waals surface area contributed by atoms with Crippen LogP contribution in [0.5, 0.6) is 0 Å². The standard InChI is InChI=1S/C20H34O6/c1-16(2)13(21)7-12-18(4,25)11-6-5-10-15(23)19(11,9-17(10,3)24)8-14(22)20(12,16)26/h10-15,21-26H,5-9H2,1-4H3/t10?,11?,12?,13?,14?,15-,17-,18-,19+,20?/m1/s1. The predicted octanol–water partition coefficient (Wildman–Crippen LogP) is 0.168. The Kier molecular flexibility index (Phi) is 3.69. The Hall–Kier alpha value is -0.240. The third kappa shape index (κ3) is 1.89. The molecule has 4 aliphatic carbocycles. The van der Waals surface area contributed by atoms with E-state index in [1.807, 2.05) is 0 Å². The van der Waals surface area contributed by atoms with E-state index in [4.69, 9.17) is 0 Å². The fourth-order valence-corrected chi connectivity index (χ4v) is 7.80. The van der Waals surface area contributed by atoms with E-state index in [0.29, 0.717) is 19.3 Å². The van der Waals surface area contributed by atoms with E-state index in [-0.39, 0.29) is 24.7 Å². The first kappa shape index (κ1) is 19.1. The van der Waals surface area contributed by atoms with Crippen molar-refractivity contribution in [3.63, 3.8) is 0 Å². The molecular weight excluding hydrogens is 336 g/mol. The van der Waals surface area contributed by atoms with Gasteiger partial charge in [0.25, 0.3) is 0 Å². The van der Waals surface area contributed by atoms with Gasteiger partial charge in [-0.3, -0.25) is 0 Å². The highest BCUT2D eigenvalue weighted by atomic mass is 16.4. The molecule has 0 aromatic heterocycles. The summed E-state index contributed by atoms with van der Waals surface area (Å²) in [6, 6.07) is 0. The zero-order valence-corrected chi connectivity index (χ0v) is 16.2. The minimum Gasteiger partial charge on any atom is -0.392 e. The Morgan fingerprint density at radius 1 is 0.808 bits per heavy atom. The van der Waals surface area contributed by atoms with Crippen molar-refractivity contribution < 1.29 is 30.6 Å². The zero-order chi connectivity index (χ0) is 19.5. The van der Waals surface area contributed by atoms with E-state index < -0.39 is 51.9 Å². The van der Waals surface area contributed by atoms with Gasteiger partial charge in [0.2, 0.25) is 0 Å². The lowest BCUT2D eigenvalue weighted by Crippen LogP contribution is -2.60. The minimum absolute atomic E-state index is 0.116. The van der Waals surface area contributed by atoms with E-state index in [1.165, 1.54) is 0 Å². The number of fused-ring (bicyclic) bond motifs is 2. The Bertz CT molecular complexity index is 615. The molecule has 0 amide bonds. The Balaban J connectivity index is 1.89. The average Bonchev–Trinajstić information content (AvgIpc) is 2.72. The van der Waals surface area contributed by atoms with Crippen LogP contribution in [0.3, 0.4) is 0 Å². The van der Waals surface area contributed by atoms with Gasteiger partial charge in [0, 0.05) is 22.7 Å². The molecule has 0 radical (unpaired) electrons. The van der Waals surface area contributed by atoms with Gasteiger partial charge in [-0.15, -0.1) is 0 Å². The van der Waals surface area contributed by atoms with Crippen LogP contribution >= 0.6 is 0 Å². The summed E-state index contributed by atoms with van der Waals surface area (Å²) in [6.45, 7) is 6.87. The van der Waals surface area contributed by atoms with E-state index in [0.717, 1.165) is 0 Å². The lowest BCUT2D eigenvalue weighted by atomic mass is 9.57. The lowest BCUT2D eigenvalue weighted by molar-refractivity contribution is -0.201. The molecule has 4 saturated carbocycles. The molecule has 4 rings (SSSR count). The molecule has 0 saturated heterocycles. The van der Waals surface area contributed by atoms with Crippen LogP contribution in [-0.2, 0) is 0 Å². The van der Waals surface area contributed by atoms with Crippen LogP contribution in [0.2, 0.25) is 0 Å². The summed E-state index contributed by atoms with van der Waals surface area (Å²) < 4.78 is 0. The molecule has 4 fully saturated rings. The van der Waals surface area contributed by atoms with Gasteiger partial charge in [0.05, 0.1) is 29.5 Å². The molecule has 10 atom stereocenters. The van der Waals surface area contributed by atoms with Crippen molar-refractivity contribution in [2.24, 2.45) is 28.6 Å². The molecule has 4 aliphatic rings. The summed E-state index contributed by atoms with van der Waals surface area (Å²) in [5.41, 5.74) is -5.91. The summed E-state index contributed by atoms with van der Waals surface area (Å²) in [7, 11) is 0. The van der Waals surface area contributed by atoms with Crippen LogP contribution < -0.4 is 0 Å². The molecule has 0 aromatic carbocycles. The normalized spacial score (nSPS) is 63.9. The van der Waals surface area contributed by atoms with Crippen LogP contribution in [0, 0.1) is 28.6 Å². The third-order valence-electron chi connectivity index (χ3n) is 9.26. The highest BCUT2D eigenvalue weighted by Gasteiger charge is 2.76. The Labute approximate surface area is 154 Å². The highest BCUT2D eigenvalue weighted by molar-refractivity contribution is 5.25. The second-order valence-corrected chi connectivity index (χ2v) is 10.7. The van der Waals surface area contributed by atoms with Crippen molar-refractivity contribution in [2.45, 2.75) is 94.9 Å². The fourth-order valence-electron chi connectivity index (χ4n) is 7.80. The summed E-state index contributed by atoms with van der Waals surface area (Å²) >= 11 is 0. The molecule has 26 heavy (non-hydrogen) atoms. The van der Waals surface area contributed by atoms with E-state index >= 15 is 0 Å². The van der Waals surface area contributed by atoms with Crippen molar-refractivity contribution in [1.29, 1.82) is 0 Å². The molecule has 2 bridgehead atoms. The van der Waals surface area contributed by atoms with Gasteiger partial charge in [-0.2, -0.15) is 0 Å². The van der Waals surface area contributed by atoms with Gasteiger partial charge in [0.15, 0.2) is 0 Å². The van der Waals surface area contributed by atoms with Gasteiger partial charge in [0.1, 0.15) is 5.60 Å². The number of rotatable bonds is 0. The molecule has 1 spiro atoms. The molecular formula is C20H34O6. The first-order chi connectivity index (χ1) is 11.7. The van der Waals surface area contributed by atoms with Gasteiger partial charge in [-0.25, -0.2) is 0 Å². The molecule has 6 N–H and O–H groups in total. The number of aliphatic hydroxyl groups excluding tert-OH is 3. The van der Waals surface area contributed by atoms with Crippen LogP contribution in [0.4, 0.5) is 0 Å². The maximum atomic E-state index is 11.7. The topological polar surface area (TPSA) is 121 Å². The number of aliphatic hydroxyl groups is 6. The van der Waals surface area contributed by atoms with Crippen LogP contribution in [0.15, 0.2) is 0 Å². The smallest absolute Gasteiger partial charge is 0.104 e. The van der Waals surface area contributed by atoms with Crippen LogP contribution in [0.25, 0.3) is 0 Å². The van der Waals surface area contributed by atoms with E-state index in [1.54, 1.807) is 27.7 Å².